The van der Waals surface area contributed by atoms with Gasteiger partial charge in [0.1, 0.15) is 17.2 Å². The molecule has 2 N–H and O–H groups in total. The maximum Gasteiger partial charge on any atom is 0.130 e. The quantitative estimate of drug-likeness (QED) is 0.700. The van der Waals surface area contributed by atoms with Crippen LogP contribution in [0.4, 0.5) is 0 Å². The molecule has 0 saturated carbocycles. The van der Waals surface area contributed by atoms with Crippen molar-refractivity contribution in [3.63, 3.8) is 0 Å². The van der Waals surface area contributed by atoms with Crippen molar-refractivity contribution in [3.8, 4) is 17.2 Å². The van der Waals surface area contributed by atoms with Crippen LogP contribution in [0.2, 0.25) is 0 Å². The van der Waals surface area contributed by atoms with Crippen LogP contribution in [-0.2, 0) is 11.3 Å². The van der Waals surface area contributed by atoms with Gasteiger partial charge >= 0.3 is 0 Å². The fourth-order valence-electron chi connectivity index (χ4n) is 1.88. The number of hydrogen-bond donors (Lipinski definition) is 2. The number of nitrogens with one attached hydrogen (secondary N) is 1. The summed E-state index contributed by atoms with van der Waals surface area (Å²) in [6, 6.07) is 3.45. The number of aliphatic hydroxyl groups is 1. The van der Waals surface area contributed by atoms with Gasteiger partial charge in [-0.2, -0.15) is 0 Å². The van der Waals surface area contributed by atoms with Crippen LogP contribution >= 0.6 is 0 Å². The Labute approximate surface area is 119 Å². The molecule has 0 fully saturated rings. The molecule has 0 radical (unpaired) electrons. The Kier molecular flexibility index (Phi) is 7.14. The molecule has 0 bridgehead atoms. The Morgan fingerprint density at radius 1 is 1.05 bits per heavy atom. The topological polar surface area (TPSA) is 69.2 Å². The summed E-state index contributed by atoms with van der Waals surface area (Å²) in [6.45, 7) is 0.914. The number of aliphatic hydroxyl groups excluding tert-OH is 1. The minimum absolute atomic E-state index is 0.00533. The van der Waals surface area contributed by atoms with Crippen molar-refractivity contribution in [1.82, 2.24) is 5.32 Å². The maximum absolute atomic E-state index is 9.25. The third kappa shape index (κ3) is 4.26. The number of benzene rings is 1. The van der Waals surface area contributed by atoms with Gasteiger partial charge in [0.05, 0.1) is 46.1 Å². The number of ether oxygens (including phenoxy) is 4. The van der Waals surface area contributed by atoms with Gasteiger partial charge in [-0.3, -0.25) is 0 Å². The van der Waals surface area contributed by atoms with Crippen molar-refractivity contribution in [3.05, 3.63) is 17.7 Å². The molecular formula is C14H23NO5. The van der Waals surface area contributed by atoms with E-state index in [4.69, 9.17) is 18.9 Å². The highest BCUT2D eigenvalue weighted by Gasteiger charge is 2.15. The Balaban J connectivity index is 2.91. The zero-order valence-electron chi connectivity index (χ0n) is 12.4. The predicted octanol–water partition coefficient (Wildman–Crippen LogP) is 0.809. The SMILES string of the molecule is COCC(CO)NCc1c(OC)cc(OC)cc1OC. The van der Waals surface area contributed by atoms with Crippen LogP contribution in [0.25, 0.3) is 0 Å². The number of hydrogen-bond acceptors (Lipinski definition) is 6. The lowest BCUT2D eigenvalue weighted by molar-refractivity contribution is 0.127. The maximum atomic E-state index is 9.25. The summed E-state index contributed by atoms with van der Waals surface area (Å²) in [5, 5.41) is 12.4. The Morgan fingerprint density at radius 2 is 1.65 bits per heavy atom. The van der Waals surface area contributed by atoms with Gasteiger partial charge in [0.15, 0.2) is 0 Å². The van der Waals surface area contributed by atoms with Crippen molar-refractivity contribution in [1.29, 1.82) is 0 Å². The first kappa shape index (κ1) is 16.6. The molecule has 20 heavy (non-hydrogen) atoms. The monoisotopic (exact) mass is 285 g/mol. The molecule has 1 atom stereocenters. The predicted molar refractivity (Wildman–Crippen MR) is 75.7 cm³/mol. The standard InChI is InChI=1S/C14H23NO5/c1-17-9-10(8-16)15-7-12-13(19-3)5-11(18-2)6-14(12)20-4/h5-6,10,15-16H,7-9H2,1-4H3. The van der Waals surface area contributed by atoms with Gasteiger partial charge < -0.3 is 29.4 Å². The van der Waals surface area contributed by atoms with Gasteiger partial charge in [0.2, 0.25) is 0 Å². The van der Waals surface area contributed by atoms with Crippen LogP contribution in [0.1, 0.15) is 5.56 Å². The average molecular weight is 285 g/mol. The fraction of sp³-hybridized carbons (Fsp3) is 0.571. The molecule has 6 nitrogen and oxygen atoms in total. The summed E-state index contributed by atoms with van der Waals surface area (Å²) < 4.78 is 21.0. The van der Waals surface area contributed by atoms with Crippen molar-refractivity contribution < 1.29 is 24.1 Å². The van der Waals surface area contributed by atoms with E-state index in [0.717, 1.165) is 5.56 Å². The Hall–Kier alpha value is -1.50. The molecule has 1 unspecified atom stereocenters. The second-order valence-electron chi connectivity index (χ2n) is 4.23. The van der Waals surface area contributed by atoms with E-state index in [-0.39, 0.29) is 12.6 Å². The van der Waals surface area contributed by atoms with E-state index >= 15 is 0 Å². The van der Waals surface area contributed by atoms with Gasteiger partial charge in [0, 0.05) is 25.8 Å². The molecule has 1 aromatic rings. The van der Waals surface area contributed by atoms with Gasteiger partial charge in [-0.1, -0.05) is 0 Å². The second kappa shape index (κ2) is 8.63. The third-order valence-electron chi connectivity index (χ3n) is 2.97. The summed E-state index contributed by atoms with van der Waals surface area (Å²) in [6.07, 6.45) is 0. The molecule has 0 aliphatic rings. The van der Waals surface area contributed by atoms with E-state index < -0.39 is 0 Å². The molecule has 0 amide bonds. The van der Waals surface area contributed by atoms with E-state index in [9.17, 15) is 5.11 Å². The summed E-state index contributed by atoms with van der Waals surface area (Å²) in [5.41, 5.74) is 0.866. The molecule has 0 aromatic heterocycles. The summed E-state index contributed by atoms with van der Waals surface area (Å²) in [5.74, 6) is 2.00. The van der Waals surface area contributed by atoms with Crippen LogP contribution in [0.5, 0.6) is 17.2 Å². The molecule has 0 heterocycles. The normalized spacial score (nSPS) is 12.1. The Bertz CT molecular complexity index is 386. The minimum atomic E-state index is -0.142. The largest absolute Gasteiger partial charge is 0.496 e. The Morgan fingerprint density at radius 3 is 2.05 bits per heavy atom. The zero-order chi connectivity index (χ0) is 15.0. The lowest BCUT2D eigenvalue weighted by Crippen LogP contribution is -2.36. The van der Waals surface area contributed by atoms with Crippen molar-refractivity contribution in [2.45, 2.75) is 12.6 Å². The van der Waals surface area contributed by atoms with E-state index in [1.54, 1.807) is 40.6 Å². The highest BCUT2D eigenvalue weighted by molar-refractivity contribution is 5.50. The minimum Gasteiger partial charge on any atom is -0.496 e. The molecular weight excluding hydrogens is 262 g/mol. The highest BCUT2D eigenvalue weighted by Crippen LogP contribution is 2.33. The molecule has 114 valence electrons. The first-order valence-electron chi connectivity index (χ1n) is 6.32. The van der Waals surface area contributed by atoms with Crippen molar-refractivity contribution >= 4 is 0 Å². The molecule has 0 saturated heterocycles. The highest BCUT2D eigenvalue weighted by atomic mass is 16.5. The third-order valence-corrected chi connectivity index (χ3v) is 2.97. The van der Waals surface area contributed by atoms with Crippen molar-refractivity contribution in [2.75, 3.05) is 41.7 Å². The van der Waals surface area contributed by atoms with E-state index in [1.807, 2.05) is 0 Å². The molecule has 1 rings (SSSR count). The summed E-state index contributed by atoms with van der Waals surface area (Å²) >= 11 is 0. The first-order valence-corrected chi connectivity index (χ1v) is 6.32. The molecule has 1 aromatic carbocycles. The summed E-state index contributed by atoms with van der Waals surface area (Å²) in [4.78, 5) is 0. The first-order chi connectivity index (χ1) is 9.69. The second-order valence-corrected chi connectivity index (χ2v) is 4.23. The smallest absolute Gasteiger partial charge is 0.130 e. The number of methoxy groups -OCH3 is 4. The molecule has 6 heteroatoms. The van der Waals surface area contributed by atoms with Gasteiger partial charge in [-0.25, -0.2) is 0 Å². The number of rotatable bonds is 9. The fourth-order valence-corrected chi connectivity index (χ4v) is 1.88. The molecule has 0 spiro atoms. The van der Waals surface area contributed by atoms with E-state index in [1.165, 1.54) is 0 Å². The van der Waals surface area contributed by atoms with Gasteiger partial charge in [0.25, 0.3) is 0 Å². The van der Waals surface area contributed by atoms with Crippen molar-refractivity contribution in [2.24, 2.45) is 0 Å². The lowest BCUT2D eigenvalue weighted by Gasteiger charge is -2.19. The van der Waals surface area contributed by atoms with E-state index in [2.05, 4.69) is 5.32 Å². The van der Waals surface area contributed by atoms with Crippen LogP contribution in [-0.4, -0.2) is 52.8 Å². The average Bonchev–Trinajstić information content (AvgIpc) is 2.50. The van der Waals surface area contributed by atoms with E-state index in [0.29, 0.717) is 30.4 Å². The zero-order valence-corrected chi connectivity index (χ0v) is 12.4. The molecule has 0 aliphatic heterocycles. The van der Waals surface area contributed by atoms with Gasteiger partial charge in [-0.15, -0.1) is 0 Å². The lowest BCUT2D eigenvalue weighted by atomic mass is 10.1. The molecule has 0 aliphatic carbocycles. The van der Waals surface area contributed by atoms with Crippen LogP contribution in [0.3, 0.4) is 0 Å². The van der Waals surface area contributed by atoms with Gasteiger partial charge in [-0.05, 0) is 0 Å². The van der Waals surface area contributed by atoms with Crippen LogP contribution in [0.15, 0.2) is 12.1 Å². The van der Waals surface area contributed by atoms with Crippen LogP contribution < -0.4 is 19.5 Å². The summed E-state index contributed by atoms with van der Waals surface area (Å²) in [7, 11) is 6.37. The van der Waals surface area contributed by atoms with Crippen LogP contribution in [0, 0.1) is 0 Å².